The highest BCUT2D eigenvalue weighted by Gasteiger charge is 2.29. The van der Waals surface area contributed by atoms with E-state index < -0.39 is 24.4 Å². The van der Waals surface area contributed by atoms with Crippen LogP contribution in [0.25, 0.3) is 11.3 Å². The first-order valence-corrected chi connectivity index (χ1v) is 6.86. The van der Waals surface area contributed by atoms with Gasteiger partial charge in [-0.05, 0) is 43.2 Å². The first kappa shape index (κ1) is 17.2. The summed E-state index contributed by atoms with van der Waals surface area (Å²) in [5.74, 6) is -1.27. The largest absolute Gasteiger partial charge is 0.484 e. The fourth-order valence-corrected chi connectivity index (χ4v) is 2.05. The van der Waals surface area contributed by atoms with E-state index in [4.69, 9.17) is 4.74 Å². The second-order valence-corrected chi connectivity index (χ2v) is 4.98. The summed E-state index contributed by atoms with van der Waals surface area (Å²) in [6.07, 6.45) is -4.19. The van der Waals surface area contributed by atoms with Crippen LogP contribution < -0.4 is 4.74 Å². The number of alkyl halides is 3. The van der Waals surface area contributed by atoms with Gasteiger partial charge in [0, 0.05) is 5.56 Å². The fourth-order valence-electron chi connectivity index (χ4n) is 2.05. The Morgan fingerprint density at radius 2 is 1.78 bits per heavy atom. The van der Waals surface area contributed by atoms with Crippen LogP contribution in [0.15, 0.2) is 24.3 Å². The highest BCUT2D eigenvalue weighted by molar-refractivity contribution is 5.63. The molecule has 0 N–H and O–H groups in total. The lowest BCUT2D eigenvalue weighted by Crippen LogP contribution is -2.19. The molecule has 0 amide bonds. The van der Waals surface area contributed by atoms with E-state index in [0.717, 1.165) is 18.2 Å². The van der Waals surface area contributed by atoms with Crippen molar-refractivity contribution in [1.82, 2.24) is 4.98 Å². The van der Waals surface area contributed by atoms with Crippen LogP contribution >= 0.6 is 0 Å². The van der Waals surface area contributed by atoms with Gasteiger partial charge in [0.2, 0.25) is 0 Å². The van der Waals surface area contributed by atoms with Gasteiger partial charge in [-0.15, -0.1) is 0 Å². The molecule has 0 spiro atoms. The van der Waals surface area contributed by atoms with Crippen molar-refractivity contribution >= 4 is 0 Å². The molecule has 0 aliphatic carbocycles. The van der Waals surface area contributed by atoms with E-state index in [2.05, 4.69) is 4.98 Å². The average molecular weight is 331 g/mol. The van der Waals surface area contributed by atoms with E-state index in [1.54, 1.807) is 6.92 Å². The van der Waals surface area contributed by atoms with Crippen LogP contribution in [-0.2, 0) is 6.42 Å². The van der Waals surface area contributed by atoms with Gasteiger partial charge in [-0.3, -0.25) is 0 Å². The topological polar surface area (TPSA) is 22.1 Å². The summed E-state index contributed by atoms with van der Waals surface area (Å²) in [7, 11) is 0. The van der Waals surface area contributed by atoms with Crippen LogP contribution in [-0.4, -0.2) is 17.8 Å². The standard InChI is InChI=1S/C16H14F5NO/c1-3-13-11(17)4-5-14(22-13)10-7-15(9(2)6-12(10)18)23-8-16(19,20)21/h4-7H,3,8H2,1-2H3. The molecule has 0 aliphatic heterocycles. The zero-order valence-electron chi connectivity index (χ0n) is 12.5. The van der Waals surface area contributed by atoms with Gasteiger partial charge in [0.1, 0.15) is 17.4 Å². The Balaban J connectivity index is 2.42. The van der Waals surface area contributed by atoms with Gasteiger partial charge in [-0.1, -0.05) is 6.92 Å². The van der Waals surface area contributed by atoms with Gasteiger partial charge in [0.25, 0.3) is 0 Å². The van der Waals surface area contributed by atoms with E-state index in [1.165, 1.54) is 13.0 Å². The van der Waals surface area contributed by atoms with Crippen molar-refractivity contribution in [3.63, 3.8) is 0 Å². The molecule has 2 aromatic rings. The van der Waals surface area contributed by atoms with Gasteiger partial charge in [-0.2, -0.15) is 13.2 Å². The second kappa shape index (κ2) is 6.52. The Kier molecular flexibility index (Phi) is 4.87. The maximum absolute atomic E-state index is 14.1. The zero-order valence-corrected chi connectivity index (χ0v) is 12.5. The third-order valence-electron chi connectivity index (χ3n) is 3.19. The molecule has 2 nitrogen and oxygen atoms in total. The normalized spacial score (nSPS) is 11.6. The van der Waals surface area contributed by atoms with Crippen LogP contribution in [0.4, 0.5) is 22.0 Å². The molecule has 2 rings (SSSR count). The number of aryl methyl sites for hydroxylation is 2. The number of ether oxygens (including phenoxy) is 1. The minimum absolute atomic E-state index is 0.0394. The Bertz CT molecular complexity index is 712. The van der Waals surface area contributed by atoms with Gasteiger partial charge < -0.3 is 4.74 Å². The molecule has 0 radical (unpaired) electrons. The molecule has 0 saturated heterocycles. The van der Waals surface area contributed by atoms with Gasteiger partial charge in [0.15, 0.2) is 6.61 Å². The van der Waals surface area contributed by atoms with Crippen molar-refractivity contribution in [2.45, 2.75) is 26.4 Å². The number of nitrogens with zero attached hydrogens (tertiary/aromatic N) is 1. The van der Waals surface area contributed by atoms with Crippen LogP contribution in [0.5, 0.6) is 5.75 Å². The lowest BCUT2D eigenvalue weighted by Gasteiger charge is -2.14. The summed E-state index contributed by atoms with van der Waals surface area (Å²) in [6.45, 7) is 1.66. The molecule has 124 valence electrons. The number of benzene rings is 1. The smallest absolute Gasteiger partial charge is 0.422 e. The molecule has 0 saturated carbocycles. The number of hydrogen-bond donors (Lipinski definition) is 0. The van der Waals surface area contributed by atoms with Crippen LogP contribution in [0.1, 0.15) is 18.2 Å². The molecule has 23 heavy (non-hydrogen) atoms. The molecule has 7 heteroatoms. The monoisotopic (exact) mass is 331 g/mol. The lowest BCUT2D eigenvalue weighted by atomic mass is 10.1. The number of halogens is 5. The number of pyridine rings is 1. The first-order chi connectivity index (χ1) is 10.7. The summed E-state index contributed by atoms with van der Waals surface area (Å²) >= 11 is 0. The fraction of sp³-hybridized carbons (Fsp3) is 0.312. The predicted molar refractivity (Wildman–Crippen MR) is 75.3 cm³/mol. The quantitative estimate of drug-likeness (QED) is 0.748. The molecule has 0 atom stereocenters. The summed E-state index contributed by atoms with van der Waals surface area (Å²) < 4.78 is 69.1. The lowest BCUT2D eigenvalue weighted by molar-refractivity contribution is -0.153. The van der Waals surface area contributed by atoms with Gasteiger partial charge in [-0.25, -0.2) is 13.8 Å². The minimum Gasteiger partial charge on any atom is -0.484 e. The average Bonchev–Trinajstić information content (AvgIpc) is 2.46. The number of rotatable bonds is 4. The molecule has 0 fully saturated rings. The molecule has 0 bridgehead atoms. The Hall–Kier alpha value is -2.18. The molecular formula is C16H14F5NO. The molecule has 1 aromatic heterocycles. The van der Waals surface area contributed by atoms with Gasteiger partial charge in [0.05, 0.1) is 11.4 Å². The van der Waals surface area contributed by atoms with Crippen LogP contribution in [0, 0.1) is 18.6 Å². The maximum atomic E-state index is 14.1. The predicted octanol–water partition coefficient (Wildman–Crippen LogP) is 4.84. The highest BCUT2D eigenvalue weighted by Crippen LogP contribution is 2.30. The van der Waals surface area contributed by atoms with Crippen molar-refractivity contribution in [1.29, 1.82) is 0 Å². The van der Waals surface area contributed by atoms with E-state index in [9.17, 15) is 22.0 Å². The Labute approximate surface area is 129 Å². The zero-order chi connectivity index (χ0) is 17.2. The van der Waals surface area contributed by atoms with E-state index in [1.807, 2.05) is 0 Å². The third kappa shape index (κ3) is 4.18. The summed E-state index contributed by atoms with van der Waals surface area (Å²) in [5, 5.41) is 0. The molecule has 0 unspecified atom stereocenters. The molecule has 1 heterocycles. The highest BCUT2D eigenvalue weighted by atomic mass is 19.4. The van der Waals surface area contributed by atoms with E-state index >= 15 is 0 Å². The summed E-state index contributed by atoms with van der Waals surface area (Å²) in [5.41, 5.74) is 0.480. The molecule has 1 aromatic carbocycles. The van der Waals surface area contributed by atoms with Crippen molar-refractivity contribution in [3.8, 4) is 17.0 Å². The van der Waals surface area contributed by atoms with E-state index in [0.29, 0.717) is 6.42 Å². The first-order valence-electron chi connectivity index (χ1n) is 6.86. The minimum atomic E-state index is -4.50. The maximum Gasteiger partial charge on any atom is 0.422 e. The Morgan fingerprint density at radius 1 is 1.09 bits per heavy atom. The van der Waals surface area contributed by atoms with Crippen molar-refractivity contribution in [2.24, 2.45) is 0 Å². The summed E-state index contributed by atoms with van der Waals surface area (Å²) in [6, 6.07) is 4.64. The van der Waals surface area contributed by atoms with Gasteiger partial charge >= 0.3 is 6.18 Å². The Morgan fingerprint density at radius 3 is 2.39 bits per heavy atom. The molecular weight excluding hydrogens is 317 g/mol. The number of hydrogen-bond acceptors (Lipinski definition) is 2. The third-order valence-corrected chi connectivity index (χ3v) is 3.19. The van der Waals surface area contributed by atoms with Crippen molar-refractivity contribution < 1.29 is 26.7 Å². The van der Waals surface area contributed by atoms with Crippen LogP contribution in [0.3, 0.4) is 0 Å². The van der Waals surface area contributed by atoms with Crippen molar-refractivity contribution in [3.05, 3.63) is 47.2 Å². The SMILES string of the molecule is CCc1nc(-c2cc(OCC(F)(F)F)c(C)cc2F)ccc1F. The second-order valence-electron chi connectivity index (χ2n) is 4.98. The summed E-state index contributed by atoms with van der Waals surface area (Å²) in [4.78, 5) is 4.01. The van der Waals surface area contributed by atoms with Crippen LogP contribution in [0.2, 0.25) is 0 Å². The molecule has 0 aliphatic rings. The van der Waals surface area contributed by atoms with E-state index in [-0.39, 0.29) is 28.3 Å². The van der Waals surface area contributed by atoms with Crippen molar-refractivity contribution in [2.75, 3.05) is 6.61 Å². The number of aromatic nitrogens is 1.